The van der Waals surface area contributed by atoms with Gasteiger partial charge in [0.1, 0.15) is 17.2 Å². The first kappa shape index (κ1) is 21.1. The lowest BCUT2D eigenvalue weighted by Gasteiger charge is -2.17. The van der Waals surface area contributed by atoms with E-state index in [4.69, 9.17) is 9.47 Å². The van der Waals surface area contributed by atoms with Gasteiger partial charge in [0.15, 0.2) is 0 Å². The molecule has 4 rings (SSSR count). The molecule has 1 aliphatic heterocycles. The number of rotatable bonds is 6. The molecule has 1 saturated heterocycles. The van der Waals surface area contributed by atoms with Crippen molar-refractivity contribution in [1.29, 1.82) is 0 Å². The van der Waals surface area contributed by atoms with Gasteiger partial charge in [0.05, 0.1) is 14.2 Å². The second kappa shape index (κ2) is 9.34. The Bertz CT molecular complexity index is 1130. The summed E-state index contributed by atoms with van der Waals surface area (Å²) in [5.41, 5.74) is 0.459. The average Bonchev–Trinajstić information content (AvgIpc) is 3.02. The Kier molecular flexibility index (Phi) is 6.36. The van der Waals surface area contributed by atoms with E-state index >= 15 is 0 Å². The Morgan fingerprint density at radius 1 is 1.13 bits per heavy atom. The van der Waals surface area contributed by atoms with Crippen LogP contribution in [0.4, 0.5) is 5.13 Å². The Balaban J connectivity index is 1.60. The maximum absolute atomic E-state index is 13.0. The minimum absolute atomic E-state index is 0.161. The van der Waals surface area contributed by atoms with Gasteiger partial charge in [-0.3, -0.25) is 9.59 Å². The van der Waals surface area contributed by atoms with Gasteiger partial charge in [-0.1, -0.05) is 24.2 Å². The summed E-state index contributed by atoms with van der Waals surface area (Å²) < 4.78 is 12.1. The number of aromatic nitrogens is 3. The Morgan fingerprint density at radius 3 is 2.61 bits per heavy atom. The highest BCUT2D eigenvalue weighted by Gasteiger charge is 2.20. The van der Waals surface area contributed by atoms with E-state index in [1.54, 1.807) is 32.4 Å². The van der Waals surface area contributed by atoms with Crippen LogP contribution in [0.1, 0.15) is 41.7 Å². The molecule has 0 radical (unpaired) electrons. The summed E-state index contributed by atoms with van der Waals surface area (Å²) >= 11 is 1.33. The molecule has 10 heteroatoms. The van der Waals surface area contributed by atoms with Gasteiger partial charge in [0, 0.05) is 31.3 Å². The summed E-state index contributed by atoms with van der Waals surface area (Å²) in [6.45, 7) is 2.05. The molecule has 2 aromatic heterocycles. The van der Waals surface area contributed by atoms with Crippen molar-refractivity contribution in [2.24, 2.45) is 0 Å². The van der Waals surface area contributed by atoms with Crippen molar-refractivity contribution in [3.05, 3.63) is 45.9 Å². The molecule has 164 valence electrons. The predicted octanol–water partition coefficient (Wildman–Crippen LogP) is 2.48. The lowest BCUT2D eigenvalue weighted by Crippen LogP contribution is -2.28. The summed E-state index contributed by atoms with van der Waals surface area (Å²) in [6.07, 6.45) is 4.63. The molecule has 3 aromatic rings. The number of nitrogens with one attached hydrogen (secondary N) is 1. The summed E-state index contributed by atoms with van der Waals surface area (Å²) in [5.74, 6) is 0.886. The van der Waals surface area contributed by atoms with Crippen molar-refractivity contribution in [2.75, 3.05) is 32.2 Å². The molecule has 1 fully saturated rings. The van der Waals surface area contributed by atoms with Crippen LogP contribution in [0.5, 0.6) is 11.5 Å². The first-order valence-corrected chi connectivity index (χ1v) is 11.1. The second-order valence-electron chi connectivity index (χ2n) is 7.32. The Hall–Kier alpha value is -3.14. The molecule has 9 nitrogen and oxygen atoms in total. The van der Waals surface area contributed by atoms with Gasteiger partial charge in [-0.2, -0.15) is 9.50 Å². The van der Waals surface area contributed by atoms with Crippen LogP contribution in [-0.4, -0.2) is 47.8 Å². The summed E-state index contributed by atoms with van der Waals surface area (Å²) in [4.78, 5) is 31.8. The van der Waals surface area contributed by atoms with Gasteiger partial charge in [0.25, 0.3) is 11.5 Å². The van der Waals surface area contributed by atoms with Crippen LogP contribution in [0, 0.1) is 0 Å². The highest BCUT2D eigenvalue weighted by atomic mass is 32.1. The quantitative estimate of drug-likeness (QED) is 0.625. The van der Waals surface area contributed by atoms with Crippen molar-refractivity contribution in [1.82, 2.24) is 19.9 Å². The third-order valence-corrected chi connectivity index (χ3v) is 6.25. The smallest absolute Gasteiger partial charge is 0.274 e. The second-order valence-corrected chi connectivity index (χ2v) is 8.25. The van der Waals surface area contributed by atoms with Crippen molar-refractivity contribution < 1.29 is 14.3 Å². The van der Waals surface area contributed by atoms with Crippen molar-refractivity contribution in [3.8, 4) is 11.5 Å². The molecule has 0 saturated carbocycles. The molecule has 1 amide bonds. The van der Waals surface area contributed by atoms with Crippen molar-refractivity contribution in [2.45, 2.75) is 32.2 Å². The fourth-order valence-corrected chi connectivity index (χ4v) is 4.60. The van der Waals surface area contributed by atoms with Crippen molar-refractivity contribution in [3.63, 3.8) is 0 Å². The Morgan fingerprint density at radius 2 is 1.90 bits per heavy atom. The van der Waals surface area contributed by atoms with Crippen LogP contribution < -0.4 is 25.2 Å². The van der Waals surface area contributed by atoms with Crippen molar-refractivity contribution >= 4 is 27.3 Å². The third kappa shape index (κ3) is 4.63. The fraction of sp³-hybridized carbons (Fsp3) is 0.429. The number of amides is 1. The number of hydrogen-bond donors (Lipinski definition) is 1. The number of hydrogen-bond acceptors (Lipinski definition) is 8. The number of ether oxygens (including phenoxy) is 2. The summed E-state index contributed by atoms with van der Waals surface area (Å²) in [6, 6.07) is 6.59. The predicted molar refractivity (Wildman–Crippen MR) is 119 cm³/mol. The van der Waals surface area contributed by atoms with Gasteiger partial charge in [-0.15, -0.1) is 5.10 Å². The van der Waals surface area contributed by atoms with E-state index in [1.165, 1.54) is 34.8 Å². The zero-order chi connectivity index (χ0) is 21.8. The lowest BCUT2D eigenvalue weighted by molar-refractivity contribution is 0.0943. The van der Waals surface area contributed by atoms with E-state index in [2.05, 4.69) is 20.3 Å². The number of carbonyl (C=O) groups excluding carboxylic acids is 1. The molecular formula is C21H25N5O4S. The van der Waals surface area contributed by atoms with Crippen LogP contribution in [0.2, 0.25) is 0 Å². The molecular weight excluding hydrogens is 418 g/mol. The molecule has 1 aliphatic rings. The first-order valence-electron chi connectivity index (χ1n) is 10.2. The van der Waals surface area contributed by atoms with Crippen LogP contribution in [0.3, 0.4) is 0 Å². The molecule has 0 atom stereocenters. The summed E-state index contributed by atoms with van der Waals surface area (Å²) in [5, 5.41) is 8.24. The minimum Gasteiger partial charge on any atom is -0.497 e. The van der Waals surface area contributed by atoms with Gasteiger partial charge in [-0.25, -0.2) is 0 Å². The van der Waals surface area contributed by atoms with Gasteiger partial charge in [0.2, 0.25) is 10.1 Å². The first-order chi connectivity index (χ1) is 15.1. The molecule has 31 heavy (non-hydrogen) atoms. The lowest BCUT2D eigenvalue weighted by atomic mass is 10.2. The van der Waals surface area contributed by atoms with Gasteiger partial charge >= 0.3 is 0 Å². The minimum atomic E-state index is -0.463. The Labute approximate surface area is 183 Å². The topological polar surface area (TPSA) is 98.1 Å². The van der Waals surface area contributed by atoms with E-state index in [1.807, 2.05) is 0 Å². The van der Waals surface area contributed by atoms with E-state index in [0.717, 1.165) is 36.6 Å². The molecule has 0 spiro atoms. The molecule has 1 N–H and O–H groups in total. The number of nitrogens with zero attached hydrogens (tertiary/aromatic N) is 4. The number of fused-ring (bicyclic) bond motifs is 1. The molecule has 1 aromatic carbocycles. The number of carbonyl (C=O) groups is 1. The van der Waals surface area contributed by atoms with E-state index < -0.39 is 11.5 Å². The summed E-state index contributed by atoms with van der Waals surface area (Å²) in [7, 11) is 3.15. The zero-order valence-corrected chi connectivity index (χ0v) is 18.4. The molecule has 0 aliphatic carbocycles. The third-order valence-electron chi connectivity index (χ3n) is 5.28. The van der Waals surface area contributed by atoms with Gasteiger partial charge < -0.3 is 19.7 Å². The van der Waals surface area contributed by atoms with Gasteiger partial charge in [-0.05, 0) is 31.0 Å². The van der Waals surface area contributed by atoms with E-state index in [0.29, 0.717) is 16.5 Å². The van der Waals surface area contributed by atoms with E-state index in [-0.39, 0.29) is 12.2 Å². The zero-order valence-electron chi connectivity index (χ0n) is 17.6. The van der Waals surface area contributed by atoms with Crippen LogP contribution >= 0.6 is 11.3 Å². The maximum atomic E-state index is 13.0. The SMILES string of the molecule is COc1ccc(OC)c(CNC(=O)c2cc(=O)nc3sc(N4CCCCCC4)nn23)c1. The number of benzene rings is 1. The standard InChI is InChI=1S/C21H25N5O4S/c1-29-15-7-8-17(30-2)14(11-15)13-22-19(28)16-12-18(27)23-20-26(16)24-21(31-20)25-9-5-3-4-6-10-25/h7-8,11-12H,3-6,9-10,13H2,1-2H3,(H,22,28). The van der Waals surface area contributed by atoms with E-state index in [9.17, 15) is 9.59 Å². The van der Waals surface area contributed by atoms with Crippen LogP contribution in [0.25, 0.3) is 4.96 Å². The largest absolute Gasteiger partial charge is 0.497 e. The normalized spacial score (nSPS) is 14.3. The highest BCUT2D eigenvalue weighted by Crippen LogP contribution is 2.26. The monoisotopic (exact) mass is 443 g/mol. The average molecular weight is 444 g/mol. The highest BCUT2D eigenvalue weighted by molar-refractivity contribution is 7.20. The van der Waals surface area contributed by atoms with Crippen LogP contribution in [-0.2, 0) is 6.54 Å². The molecule has 3 heterocycles. The maximum Gasteiger partial charge on any atom is 0.274 e. The van der Waals surface area contributed by atoms with Crippen LogP contribution in [0.15, 0.2) is 29.1 Å². The fourth-order valence-electron chi connectivity index (χ4n) is 3.64. The number of methoxy groups -OCH3 is 2. The number of anilines is 1. The molecule has 0 unspecified atom stereocenters. The molecule has 0 bridgehead atoms.